The third kappa shape index (κ3) is 8.17. The number of hydrogen-bond acceptors (Lipinski definition) is 7. The molecule has 0 aliphatic rings. The number of aliphatic hydroxyl groups excluding tert-OH is 2. The fourth-order valence-corrected chi connectivity index (χ4v) is 4.04. The molecule has 0 saturated carbocycles. The Bertz CT molecular complexity index is 1460. The number of carbonyl (C=O) groups excluding carboxylic acids is 2. The Morgan fingerprint density at radius 2 is 1.66 bits per heavy atom. The van der Waals surface area contributed by atoms with E-state index >= 15 is 0 Å². The van der Waals surface area contributed by atoms with Crippen LogP contribution in [0, 0.1) is 11.7 Å². The topological polar surface area (TPSA) is 134 Å². The highest BCUT2D eigenvalue weighted by Crippen LogP contribution is 2.28. The van der Waals surface area contributed by atoms with Crippen molar-refractivity contribution in [1.29, 1.82) is 0 Å². The summed E-state index contributed by atoms with van der Waals surface area (Å²) in [6, 6.07) is 19.7. The first-order valence-corrected chi connectivity index (χ1v) is 13.1. The van der Waals surface area contributed by atoms with Gasteiger partial charge in [-0.1, -0.05) is 19.9 Å². The van der Waals surface area contributed by atoms with E-state index in [-0.39, 0.29) is 23.2 Å². The smallest absolute Gasteiger partial charge is 0.270 e. The summed E-state index contributed by atoms with van der Waals surface area (Å²) in [5, 5.41) is 25.4. The minimum absolute atomic E-state index is 0.0940. The van der Waals surface area contributed by atoms with Crippen LogP contribution in [0.15, 0.2) is 85.1 Å². The van der Waals surface area contributed by atoms with Crippen molar-refractivity contribution in [3.8, 4) is 22.8 Å². The molecule has 4 aromatic rings. The number of benzene rings is 2. The van der Waals surface area contributed by atoms with Crippen molar-refractivity contribution in [2.45, 2.75) is 32.4 Å². The zero-order chi connectivity index (χ0) is 29.4. The van der Waals surface area contributed by atoms with Crippen LogP contribution in [0.25, 0.3) is 11.3 Å². The summed E-state index contributed by atoms with van der Waals surface area (Å²) < 4.78 is 18.9. The number of amides is 2. The maximum Gasteiger partial charge on any atom is 0.270 e. The molecule has 2 amide bonds. The largest absolute Gasteiger partial charge is 0.457 e. The van der Waals surface area contributed by atoms with Gasteiger partial charge in [-0.25, -0.2) is 9.37 Å². The zero-order valence-corrected chi connectivity index (χ0v) is 22.6. The number of halogens is 1. The molecule has 0 radical (unpaired) electrons. The molecule has 0 aliphatic heterocycles. The van der Waals surface area contributed by atoms with Crippen LogP contribution >= 0.6 is 0 Å². The summed E-state index contributed by atoms with van der Waals surface area (Å²) in [5.41, 5.74) is 1.62. The average molecular weight is 559 g/mol. The van der Waals surface area contributed by atoms with E-state index in [4.69, 9.17) is 4.74 Å². The predicted octanol–water partition coefficient (Wildman–Crippen LogP) is 4.88. The highest BCUT2D eigenvalue weighted by atomic mass is 19.1. The lowest BCUT2D eigenvalue weighted by molar-refractivity contribution is -0.118. The lowest BCUT2D eigenvalue weighted by Gasteiger charge is -2.20. The standard InChI is InChI=1S/C31H31FN4O5/c1-19(2)15-27(35-30(39)25-5-3-4-14-33-25)31(40)36-29-17-21(28(38)18-37)16-26(34-29)20-6-10-23(11-7-20)41-24-12-8-22(32)9-13-24/h3-14,16-17,19,27-28,37-38H,15,18H2,1-2H3,(H,35,39)(H,34,36,40). The number of aliphatic hydroxyl groups is 2. The van der Waals surface area contributed by atoms with Crippen molar-refractivity contribution in [3.05, 3.63) is 102 Å². The molecular weight excluding hydrogens is 527 g/mol. The molecule has 0 fully saturated rings. The molecular formula is C31H31FN4O5. The molecule has 0 saturated heterocycles. The van der Waals surface area contributed by atoms with Crippen LogP contribution in [0.1, 0.15) is 42.4 Å². The molecule has 2 aromatic carbocycles. The minimum atomic E-state index is -1.20. The summed E-state index contributed by atoms with van der Waals surface area (Å²) >= 11 is 0. The van der Waals surface area contributed by atoms with Crippen LogP contribution in [0.3, 0.4) is 0 Å². The number of nitrogens with zero attached hydrogens (tertiary/aromatic N) is 2. The van der Waals surface area contributed by atoms with Crippen LogP contribution in [0.4, 0.5) is 10.2 Å². The molecule has 9 nitrogen and oxygen atoms in total. The number of nitrogens with one attached hydrogen (secondary N) is 2. The molecule has 2 unspecified atom stereocenters. The van der Waals surface area contributed by atoms with Gasteiger partial charge in [0.15, 0.2) is 0 Å². The Kier molecular flexibility index (Phi) is 9.73. The number of hydrogen-bond donors (Lipinski definition) is 4. The minimum Gasteiger partial charge on any atom is -0.457 e. The molecule has 212 valence electrons. The van der Waals surface area contributed by atoms with Gasteiger partial charge in [0.25, 0.3) is 5.91 Å². The first kappa shape index (κ1) is 29.3. The Labute approximate surface area is 237 Å². The van der Waals surface area contributed by atoms with E-state index in [0.717, 1.165) is 0 Å². The average Bonchev–Trinajstić information content (AvgIpc) is 2.98. The molecule has 4 rings (SSSR count). The SMILES string of the molecule is CC(C)CC(NC(=O)c1ccccn1)C(=O)Nc1cc(C(O)CO)cc(-c2ccc(Oc3ccc(F)cc3)cc2)n1. The van der Waals surface area contributed by atoms with Crippen LogP contribution in [0.2, 0.25) is 0 Å². The Hall–Kier alpha value is -4.67. The molecule has 2 atom stereocenters. The zero-order valence-electron chi connectivity index (χ0n) is 22.6. The summed E-state index contributed by atoms with van der Waals surface area (Å²) in [4.78, 5) is 34.6. The van der Waals surface area contributed by atoms with E-state index in [1.165, 1.54) is 36.5 Å². The fourth-order valence-electron chi connectivity index (χ4n) is 4.04. The van der Waals surface area contributed by atoms with Crippen molar-refractivity contribution in [2.24, 2.45) is 5.92 Å². The summed E-state index contributed by atoms with van der Waals surface area (Å²) in [6.45, 7) is 3.34. The van der Waals surface area contributed by atoms with Gasteiger partial charge in [0, 0.05) is 11.8 Å². The van der Waals surface area contributed by atoms with Crippen molar-refractivity contribution in [3.63, 3.8) is 0 Å². The van der Waals surface area contributed by atoms with E-state index in [9.17, 15) is 24.2 Å². The maximum absolute atomic E-state index is 13.3. The fraction of sp³-hybridized carbons (Fsp3) is 0.226. The van der Waals surface area contributed by atoms with Gasteiger partial charge in [-0.2, -0.15) is 0 Å². The maximum atomic E-state index is 13.3. The van der Waals surface area contributed by atoms with E-state index in [1.807, 2.05) is 13.8 Å². The van der Waals surface area contributed by atoms with Gasteiger partial charge in [0.05, 0.1) is 12.3 Å². The predicted molar refractivity (Wildman–Crippen MR) is 152 cm³/mol. The van der Waals surface area contributed by atoms with Crippen molar-refractivity contribution >= 4 is 17.6 Å². The lowest BCUT2D eigenvalue weighted by atomic mass is 10.0. The second-order valence-electron chi connectivity index (χ2n) is 9.81. The van der Waals surface area contributed by atoms with E-state index < -0.39 is 30.6 Å². The molecule has 2 heterocycles. The summed E-state index contributed by atoms with van der Waals surface area (Å²) in [6.07, 6.45) is 0.659. The van der Waals surface area contributed by atoms with Crippen LogP contribution < -0.4 is 15.4 Å². The first-order chi connectivity index (χ1) is 19.7. The quantitative estimate of drug-likeness (QED) is 0.206. The molecule has 0 spiro atoms. The van der Waals surface area contributed by atoms with Gasteiger partial charge in [-0.05, 0) is 90.7 Å². The third-order valence-corrected chi connectivity index (χ3v) is 6.08. The van der Waals surface area contributed by atoms with Crippen molar-refractivity contribution < 1.29 is 28.9 Å². The number of anilines is 1. The first-order valence-electron chi connectivity index (χ1n) is 13.1. The molecule has 0 aliphatic carbocycles. The highest BCUT2D eigenvalue weighted by molar-refractivity contribution is 6.00. The van der Waals surface area contributed by atoms with E-state index in [2.05, 4.69) is 20.6 Å². The van der Waals surface area contributed by atoms with Crippen LogP contribution in [-0.4, -0.2) is 44.6 Å². The Balaban J connectivity index is 1.56. The number of carbonyl (C=O) groups is 2. The second-order valence-corrected chi connectivity index (χ2v) is 9.81. The monoisotopic (exact) mass is 558 g/mol. The van der Waals surface area contributed by atoms with Crippen LogP contribution in [0.5, 0.6) is 11.5 Å². The van der Waals surface area contributed by atoms with Gasteiger partial charge in [0.1, 0.15) is 41.0 Å². The third-order valence-electron chi connectivity index (χ3n) is 6.08. The number of rotatable bonds is 11. The molecule has 0 bridgehead atoms. The lowest BCUT2D eigenvalue weighted by Crippen LogP contribution is -2.45. The van der Waals surface area contributed by atoms with Gasteiger partial charge < -0.3 is 25.6 Å². The second kappa shape index (κ2) is 13.6. The number of ether oxygens (including phenoxy) is 1. The van der Waals surface area contributed by atoms with Crippen LogP contribution in [-0.2, 0) is 4.79 Å². The van der Waals surface area contributed by atoms with Gasteiger partial charge in [-0.3, -0.25) is 14.6 Å². The number of pyridine rings is 2. The van der Waals surface area contributed by atoms with Gasteiger partial charge >= 0.3 is 0 Å². The summed E-state index contributed by atoms with van der Waals surface area (Å²) in [7, 11) is 0. The van der Waals surface area contributed by atoms with E-state index in [1.54, 1.807) is 48.5 Å². The molecule has 4 N–H and O–H groups in total. The molecule has 2 aromatic heterocycles. The Morgan fingerprint density at radius 3 is 2.27 bits per heavy atom. The van der Waals surface area contributed by atoms with Gasteiger partial charge in [0.2, 0.25) is 5.91 Å². The molecule has 41 heavy (non-hydrogen) atoms. The summed E-state index contributed by atoms with van der Waals surface area (Å²) in [5.74, 6) is -0.105. The van der Waals surface area contributed by atoms with Gasteiger partial charge in [-0.15, -0.1) is 0 Å². The van der Waals surface area contributed by atoms with E-state index in [0.29, 0.717) is 34.7 Å². The molecule has 10 heteroatoms. The normalized spacial score (nSPS) is 12.4. The number of aromatic nitrogens is 2. The highest BCUT2D eigenvalue weighted by Gasteiger charge is 2.24. The van der Waals surface area contributed by atoms with Crippen molar-refractivity contribution in [2.75, 3.05) is 11.9 Å². The Morgan fingerprint density at radius 1 is 0.976 bits per heavy atom. The van der Waals surface area contributed by atoms with Crippen molar-refractivity contribution in [1.82, 2.24) is 15.3 Å².